The fourth-order valence-corrected chi connectivity index (χ4v) is 2.84. The van der Waals surface area contributed by atoms with Gasteiger partial charge in [0, 0.05) is 0 Å². The number of amides is 2. The maximum atomic E-state index is 12.6. The highest BCUT2D eigenvalue weighted by molar-refractivity contribution is 5.96. The van der Waals surface area contributed by atoms with Crippen LogP contribution in [-0.4, -0.2) is 42.6 Å². The number of cyclic esters (lactones) is 1. The van der Waals surface area contributed by atoms with Gasteiger partial charge in [-0.05, 0) is 33.6 Å². The lowest BCUT2D eigenvalue weighted by Gasteiger charge is -2.32. The first kappa shape index (κ1) is 15.5. The predicted octanol–water partition coefficient (Wildman–Crippen LogP) is 1.89. The molecule has 6 heteroatoms. The molecule has 0 N–H and O–H groups in total. The molecule has 1 saturated heterocycles. The number of carbonyl (C=O) groups is 3. The molecule has 2 rings (SSSR count). The molecule has 21 heavy (non-hydrogen) atoms. The molecule has 1 aliphatic carbocycles. The molecule has 0 unspecified atom stereocenters. The molecule has 0 aromatic rings. The SMILES string of the molecule is CCOC(=O)[C@H]1CC(C)=C(C)C[C@@H]1C(=O)N1CCOC1=O. The molecule has 0 saturated carbocycles. The minimum atomic E-state index is -0.619. The minimum absolute atomic E-state index is 0.217. The molecule has 2 atom stereocenters. The lowest BCUT2D eigenvalue weighted by atomic mass is 9.76. The third-order valence-electron chi connectivity index (χ3n) is 4.20. The van der Waals surface area contributed by atoms with Crippen LogP contribution in [0.4, 0.5) is 4.79 Å². The first-order valence-corrected chi connectivity index (χ1v) is 7.25. The number of esters is 1. The zero-order valence-corrected chi connectivity index (χ0v) is 12.7. The molecule has 1 aliphatic heterocycles. The fourth-order valence-electron chi connectivity index (χ4n) is 2.84. The maximum Gasteiger partial charge on any atom is 0.416 e. The number of allylic oxidation sites excluding steroid dienone is 2. The summed E-state index contributed by atoms with van der Waals surface area (Å²) >= 11 is 0. The van der Waals surface area contributed by atoms with Crippen LogP contribution < -0.4 is 0 Å². The van der Waals surface area contributed by atoms with Crippen molar-refractivity contribution in [3.63, 3.8) is 0 Å². The Morgan fingerprint density at radius 1 is 1.24 bits per heavy atom. The number of hydrogen-bond acceptors (Lipinski definition) is 5. The number of rotatable bonds is 3. The molecular weight excluding hydrogens is 274 g/mol. The van der Waals surface area contributed by atoms with Crippen LogP contribution in [-0.2, 0) is 19.1 Å². The Balaban J connectivity index is 2.22. The van der Waals surface area contributed by atoms with Crippen molar-refractivity contribution in [3.8, 4) is 0 Å². The van der Waals surface area contributed by atoms with Crippen LogP contribution in [0.15, 0.2) is 11.1 Å². The number of hydrogen-bond donors (Lipinski definition) is 0. The van der Waals surface area contributed by atoms with Gasteiger partial charge in [-0.1, -0.05) is 11.1 Å². The molecule has 0 radical (unpaired) electrons. The predicted molar refractivity (Wildman–Crippen MR) is 74.3 cm³/mol. The van der Waals surface area contributed by atoms with Crippen LogP contribution in [0.3, 0.4) is 0 Å². The fraction of sp³-hybridized carbons (Fsp3) is 0.667. The van der Waals surface area contributed by atoms with E-state index in [9.17, 15) is 14.4 Å². The van der Waals surface area contributed by atoms with E-state index in [0.717, 1.165) is 16.0 Å². The number of ether oxygens (including phenoxy) is 2. The molecule has 0 bridgehead atoms. The highest BCUT2D eigenvalue weighted by Crippen LogP contribution is 2.36. The highest BCUT2D eigenvalue weighted by atomic mass is 16.6. The van der Waals surface area contributed by atoms with E-state index in [1.54, 1.807) is 6.92 Å². The van der Waals surface area contributed by atoms with Gasteiger partial charge in [0.05, 0.1) is 25.0 Å². The van der Waals surface area contributed by atoms with E-state index >= 15 is 0 Å². The van der Waals surface area contributed by atoms with Gasteiger partial charge < -0.3 is 9.47 Å². The molecule has 116 valence electrons. The van der Waals surface area contributed by atoms with Crippen LogP contribution >= 0.6 is 0 Å². The summed E-state index contributed by atoms with van der Waals surface area (Å²) in [5, 5.41) is 0. The van der Waals surface area contributed by atoms with E-state index in [2.05, 4.69) is 0 Å². The summed E-state index contributed by atoms with van der Waals surface area (Å²) < 4.78 is 9.89. The van der Waals surface area contributed by atoms with E-state index in [4.69, 9.17) is 9.47 Å². The average Bonchev–Trinajstić information content (AvgIpc) is 2.87. The maximum absolute atomic E-state index is 12.6. The first-order valence-electron chi connectivity index (χ1n) is 7.25. The van der Waals surface area contributed by atoms with E-state index in [-0.39, 0.29) is 31.6 Å². The summed E-state index contributed by atoms with van der Waals surface area (Å²) in [4.78, 5) is 37.4. The molecule has 1 fully saturated rings. The second kappa shape index (κ2) is 6.28. The molecule has 0 spiro atoms. The molecule has 0 aromatic carbocycles. The van der Waals surface area contributed by atoms with Crippen molar-refractivity contribution in [2.24, 2.45) is 11.8 Å². The van der Waals surface area contributed by atoms with Crippen LogP contribution in [0, 0.1) is 11.8 Å². The quantitative estimate of drug-likeness (QED) is 0.587. The lowest BCUT2D eigenvalue weighted by Crippen LogP contribution is -2.43. The second-order valence-electron chi connectivity index (χ2n) is 5.54. The summed E-state index contributed by atoms with van der Waals surface area (Å²) in [7, 11) is 0. The van der Waals surface area contributed by atoms with Crippen molar-refractivity contribution >= 4 is 18.0 Å². The Kier molecular flexibility index (Phi) is 4.65. The van der Waals surface area contributed by atoms with E-state index < -0.39 is 17.9 Å². The van der Waals surface area contributed by atoms with Gasteiger partial charge in [-0.2, -0.15) is 0 Å². The van der Waals surface area contributed by atoms with Crippen molar-refractivity contribution in [1.82, 2.24) is 4.90 Å². The number of imide groups is 1. The van der Waals surface area contributed by atoms with Crippen LogP contribution in [0.2, 0.25) is 0 Å². The molecule has 0 aromatic heterocycles. The Morgan fingerprint density at radius 2 is 1.86 bits per heavy atom. The van der Waals surface area contributed by atoms with Crippen molar-refractivity contribution < 1.29 is 23.9 Å². The molecule has 2 aliphatic rings. The van der Waals surface area contributed by atoms with Gasteiger partial charge in [0.25, 0.3) is 0 Å². The van der Waals surface area contributed by atoms with Gasteiger partial charge >= 0.3 is 12.1 Å². The molecular formula is C15H21NO5. The Bertz CT molecular complexity index is 496. The van der Waals surface area contributed by atoms with Gasteiger partial charge in [-0.15, -0.1) is 0 Å². The smallest absolute Gasteiger partial charge is 0.416 e. The average molecular weight is 295 g/mol. The Morgan fingerprint density at radius 3 is 2.38 bits per heavy atom. The Labute approximate surface area is 124 Å². The standard InChI is InChI=1S/C15H21NO5/c1-4-20-14(18)12-8-10(3)9(2)7-11(12)13(17)16-5-6-21-15(16)19/h11-12H,4-8H2,1-3H3/t11-,12-/m0/s1. The third kappa shape index (κ3) is 3.09. The zero-order chi connectivity index (χ0) is 15.6. The van der Waals surface area contributed by atoms with Crippen LogP contribution in [0.25, 0.3) is 0 Å². The second-order valence-corrected chi connectivity index (χ2v) is 5.54. The molecule has 2 amide bonds. The van der Waals surface area contributed by atoms with Gasteiger partial charge in [0.1, 0.15) is 6.61 Å². The normalized spacial score (nSPS) is 25.9. The number of carbonyl (C=O) groups excluding carboxylic acids is 3. The monoisotopic (exact) mass is 295 g/mol. The van der Waals surface area contributed by atoms with Gasteiger partial charge in [0.2, 0.25) is 5.91 Å². The molecule has 6 nitrogen and oxygen atoms in total. The molecule has 1 heterocycles. The highest BCUT2D eigenvalue weighted by Gasteiger charge is 2.42. The lowest BCUT2D eigenvalue weighted by molar-refractivity contribution is -0.154. The summed E-state index contributed by atoms with van der Waals surface area (Å²) in [5.41, 5.74) is 2.21. The topological polar surface area (TPSA) is 72.9 Å². The van der Waals surface area contributed by atoms with E-state index in [1.165, 1.54) is 0 Å². The van der Waals surface area contributed by atoms with Gasteiger partial charge in [-0.25, -0.2) is 9.69 Å². The van der Waals surface area contributed by atoms with Crippen LogP contribution in [0.5, 0.6) is 0 Å². The van der Waals surface area contributed by atoms with Gasteiger partial charge in [0.15, 0.2) is 0 Å². The zero-order valence-electron chi connectivity index (χ0n) is 12.7. The van der Waals surface area contributed by atoms with Crippen LogP contribution in [0.1, 0.15) is 33.6 Å². The summed E-state index contributed by atoms with van der Waals surface area (Å²) in [6.45, 7) is 6.42. The summed E-state index contributed by atoms with van der Waals surface area (Å²) in [5.74, 6) is -1.76. The van der Waals surface area contributed by atoms with Crippen molar-refractivity contribution in [2.75, 3.05) is 19.8 Å². The minimum Gasteiger partial charge on any atom is -0.466 e. The van der Waals surface area contributed by atoms with Crippen molar-refractivity contribution in [1.29, 1.82) is 0 Å². The third-order valence-corrected chi connectivity index (χ3v) is 4.20. The summed E-state index contributed by atoms with van der Waals surface area (Å²) in [6, 6.07) is 0. The van der Waals surface area contributed by atoms with E-state index in [1.807, 2.05) is 13.8 Å². The Hall–Kier alpha value is -1.85. The first-order chi connectivity index (χ1) is 9.95. The number of nitrogens with zero attached hydrogens (tertiary/aromatic N) is 1. The van der Waals surface area contributed by atoms with Crippen molar-refractivity contribution in [3.05, 3.63) is 11.1 Å². The van der Waals surface area contributed by atoms with E-state index in [0.29, 0.717) is 12.8 Å². The van der Waals surface area contributed by atoms with Gasteiger partial charge in [-0.3, -0.25) is 9.59 Å². The summed E-state index contributed by atoms with van der Waals surface area (Å²) in [6.07, 6.45) is 0.369. The van der Waals surface area contributed by atoms with Crippen molar-refractivity contribution in [2.45, 2.75) is 33.6 Å². The largest absolute Gasteiger partial charge is 0.466 e.